The number of benzene rings is 2. The van der Waals surface area contributed by atoms with Crippen molar-refractivity contribution >= 4 is 28.3 Å². The number of nitrogens with zero attached hydrogens (tertiary/aromatic N) is 1. The van der Waals surface area contributed by atoms with Crippen molar-refractivity contribution in [1.29, 1.82) is 0 Å². The average molecular weight is 424 g/mol. The Hall–Kier alpha value is -1.93. The van der Waals surface area contributed by atoms with Gasteiger partial charge in [-0.15, -0.1) is 12.4 Å². The fourth-order valence-electron chi connectivity index (χ4n) is 3.36. The van der Waals surface area contributed by atoms with Crippen LogP contribution in [0.3, 0.4) is 0 Å². The Kier molecular flexibility index (Phi) is 7.60. The first-order chi connectivity index (χ1) is 12.9. The van der Waals surface area contributed by atoms with Crippen LogP contribution < -0.4 is 10.5 Å². The van der Waals surface area contributed by atoms with Gasteiger partial charge in [0.2, 0.25) is 10.0 Å². The molecule has 1 aliphatic heterocycles. The van der Waals surface area contributed by atoms with Crippen LogP contribution in [0.25, 0.3) is 0 Å². The minimum atomic E-state index is -3.72. The Labute approximate surface area is 172 Å². The predicted molar refractivity (Wildman–Crippen MR) is 112 cm³/mol. The Balaban J connectivity index is 0.00000280. The van der Waals surface area contributed by atoms with E-state index in [0.29, 0.717) is 18.7 Å². The summed E-state index contributed by atoms with van der Waals surface area (Å²) in [7, 11) is -3.72. The van der Waals surface area contributed by atoms with E-state index < -0.39 is 10.0 Å². The average Bonchev–Trinajstić information content (AvgIpc) is 3.16. The Morgan fingerprint density at radius 2 is 1.93 bits per heavy atom. The third kappa shape index (κ3) is 4.91. The SMILES string of the molecule is Cc1ccc(S(=O)(=O)NCc2ccccc2)cc1C(=O)N1CCCC1CN.Cl. The number of halogens is 1. The van der Waals surface area contributed by atoms with Gasteiger partial charge in [0, 0.05) is 31.2 Å². The molecule has 2 aromatic rings. The number of carbonyl (C=O) groups is 1. The van der Waals surface area contributed by atoms with E-state index in [1.807, 2.05) is 37.3 Å². The summed E-state index contributed by atoms with van der Waals surface area (Å²) in [6, 6.07) is 14.0. The molecule has 0 saturated carbocycles. The highest BCUT2D eigenvalue weighted by atomic mass is 35.5. The zero-order chi connectivity index (χ0) is 19.4. The molecule has 0 spiro atoms. The van der Waals surface area contributed by atoms with Crippen LogP contribution in [0.2, 0.25) is 0 Å². The quantitative estimate of drug-likeness (QED) is 0.746. The number of hydrogen-bond acceptors (Lipinski definition) is 4. The second-order valence-electron chi connectivity index (χ2n) is 6.82. The molecule has 0 aromatic heterocycles. The first-order valence-electron chi connectivity index (χ1n) is 9.07. The maximum Gasteiger partial charge on any atom is 0.254 e. The van der Waals surface area contributed by atoms with Crippen LogP contribution in [0.4, 0.5) is 0 Å². The van der Waals surface area contributed by atoms with Crippen molar-refractivity contribution in [1.82, 2.24) is 9.62 Å². The zero-order valence-corrected chi connectivity index (χ0v) is 17.4. The number of hydrogen-bond donors (Lipinski definition) is 2. The standard InChI is InChI=1S/C20H25N3O3S.ClH/c1-15-9-10-18(27(25,26)22-14-16-6-3-2-4-7-16)12-19(15)20(24)23-11-5-8-17(23)13-21;/h2-4,6-7,9-10,12,17,22H,5,8,11,13-14,21H2,1H3;1H. The van der Waals surface area contributed by atoms with E-state index in [0.717, 1.165) is 24.0 Å². The fourth-order valence-corrected chi connectivity index (χ4v) is 4.40. The first kappa shape index (κ1) is 22.4. The summed E-state index contributed by atoms with van der Waals surface area (Å²) in [5.74, 6) is -0.152. The summed E-state index contributed by atoms with van der Waals surface area (Å²) in [4.78, 5) is 14.8. The van der Waals surface area contributed by atoms with Crippen LogP contribution in [-0.4, -0.2) is 38.4 Å². The predicted octanol–water partition coefficient (Wildman–Crippen LogP) is 2.46. The Morgan fingerprint density at radius 1 is 1.21 bits per heavy atom. The summed E-state index contributed by atoms with van der Waals surface area (Å²) < 4.78 is 27.9. The topological polar surface area (TPSA) is 92.5 Å². The van der Waals surface area contributed by atoms with Crippen molar-refractivity contribution in [2.45, 2.75) is 37.2 Å². The van der Waals surface area contributed by atoms with Gasteiger partial charge in [-0.25, -0.2) is 13.1 Å². The van der Waals surface area contributed by atoms with Gasteiger partial charge >= 0.3 is 0 Å². The lowest BCUT2D eigenvalue weighted by Gasteiger charge is -2.24. The molecular formula is C20H26ClN3O3S. The lowest BCUT2D eigenvalue weighted by molar-refractivity contribution is 0.0740. The van der Waals surface area contributed by atoms with Crippen LogP contribution in [0.5, 0.6) is 0 Å². The van der Waals surface area contributed by atoms with Gasteiger partial charge < -0.3 is 10.6 Å². The van der Waals surface area contributed by atoms with Gasteiger partial charge in [-0.05, 0) is 43.0 Å². The normalized spacial score (nSPS) is 16.6. The van der Waals surface area contributed by atoms with Crippen molar-refractivity contribution in [2.24, 2.45) is 5.73 Å². The number of likely N-dealkylation sites (tertiary alicyclic amines) is 1. The summed E-state index contributed by atoms with van der Waals surface area (Å²) in [6.45, 7) is 3.08. The van der Waals surface area contributed by atoms with Crippen LogP contribution in [0, 0.1) is 6.92 Å². The summed E-state index contributed by atoms with van der Waals surface area (Å²) in [5.41, 5.74) is 7.81. The molecule has 152 valence electrons. The highest BCUT2D eigenvalue weighted by molar-refractivity contribution is 7.89. The molecule has 1 atom stereocenters. The van der Waals surface area contributed by atoms with Gasteiger partial charge in [0.1, 0.15) is 0 Å². The molecule has 6 nitrogen and oxygen atoms in total. The van der Waals surface area contributed by atoms with E-state index in [1.165, 1.54) is 12.1 Å². The van der Waals surface area contributed by atoms with Crippen molar-refractivity contribution in [3.05, 3.63) is 65.2 Å². The molecule has 3 rings (SSSR count). The molecule has 1 saturated heterocycles. The second kappa shape index (κ2) is 9.52. The number of sulfonamides is 1. The summed E-state index contributed by atoms with van der Waals surface area (Å²) >= 11 is 0. The fraction of sp³-hybridized carbons (Fsp3) is 0.350. The van der Waals surface area contributed by atoms with Crippen molar-refractivity contribution < 1.29 is 13.2 Å². The third-order valence-electron chi connectivity index (χ3n) is 4.97. The third-order valence-corrected chi connectivity index (χ3v) is 6.37. The van der Waals surface area contributed by atoms with Crippen molar-refractivity contribution in [3.8, 4) is 0 Å². The van der Waals surface area contributed by atoms with Gasteiger partial charge in [-0.1, -0.05) is 36.4 Å². The molecule has 1 heterocycles. The zero-order valence-electron chi connectivity index (χ0n) is 15.8. The minimum Gasteiger partial charge on any atom is -0.334 e. The summed E-state index contributed by atoms with van der Waals surface area (Å²) in [5, 5.41) is 0. The van der Waals surface area contributed by atoms with Crippen LogP contribution >= 0.6 is 12.4 Å². The summed E-state index contributed by atoms with van der Waals surface area (Å²) in [6.07, 6.45) is 1.81. The molecular weight excluding hydrogens is 398 g/mol. The molecule has 0 radical (unpaired) electrons. The number of rotatable bonds is 6. The van der Waals surface area contributed by atoms with E-state index in [-0.39, 0.29) is 35.8 Å². The second-order valence-corrected chi connectivity index (χ2v) is 8.58. The Morgan fingerprint density at radius 3 is 2.61 bits per heavy atom. The van der Waals surface area contributed by atoms with Gasteiger partial charge in [0.05, 0.1) is 4.90 Å². The van der Waals surface area contributed by atoms with Gasteiger partial charge in [-0.2, -0.15) is 0 Å². The smallest absolute Gasteiger partial charge is 0.254 e. The van der Waals surface area contributed by atoms with E-state index in [4.69, 9.17) is 5.73 Å². The van der Waals surface area contributed by atoms with Crippen LogP contribution in [-0.2, 0) is 16.6 Å². The molecule has 2 aromatic carbocycles. The van der Waals surface area contributed by atoms with Gasteiger partial charge in [0.25, 0.3) is 5.91 Å². The maximum atomic E-state index is 13.0. The molecule has 1 amide bonds. The maximum absolute atomic E-state index is 13.0. The lowest BCUT2D eigenvalue weighted by atomic mass is 10.1. The number of nitrogens with two attached hydrogens (primary N) is 1. The van der Waals surface area contributed by atoms with Crippen LogP contribution in [0.1, 0.15) is 34.3 Å². The molecule has 1 unspecified atom stereocenters. The highest BCUT2D eigenvalue weighted by Crippen LogP contribution is 2.23. The number of nitrogens with one attached hydrogen (secondary N) is 1. The monoisotopic (exact) mass is 423 g/mol. The van der Waals surface area contributed by atoms with Crippen molar-refractivity contribution in [2.75, 3.05) is 13.1 Å². The van der Waals surface area contributed by atoms with Gasteiger partial charge in [-0.3, -0.25) is 4.79 Å². The highest BCUT2D eigenvalue weighted by Gasteiger charge is 2.29. The minimum absolute atomic E-state index is 0. The van der Waals surface area contributed by atoms with E-state index in [2.05, 4.69) is 4.72 Å². The number of amides is 1. The molecule has 8 heteroatoms. The molecule has 3 N–H and O–H groups in total. The Bertz CT molecular complexity index is 920. The largest absolute Gasteiger partial charge is 0.334 e. The van der Waals surface area contributed by atoms with E-state index in [1.54, 1.807) is 11.0 Å². The van der Waals surface area contributed by atoms with Crippen molar-refractivity contribution in [3.63, 3.8) is 0 Å². The van der Waals surface area contributed by atoms with Crippen LogP contribution in [0.15, 0.2) is 53.4 Å². The number of carbonyl (C=O) groups excluding carboxylic acids is 1. The van der Waals surface area contributed by atoms with Gasteiger partial charge in [0.15, 0.2) is 0 Å². The molecule has 1 fully saturated rings. The number of aryl methyl sites for hydroxylation is 1. The molecule has 0 aliphatic carbocycles. The first-order valence-corrected chi connectivity index (χ1v) is 10.6. The van der Waals surface area contributed by atoms with E-state index >= 15 is 0 Å². The lowest BCUT2D eigenvalue weighted by Crippen LogP contribution is -2.40. The van der Waals surface area contributed by atoms with E-state index in [9.17, 15) is 13.2 Å². The molecule has 28 heavy (non-hydrogen) atoms. The molecule has 0 bridgehead atoms. The molecule has 1 aliphatic rings.